The predicted octanol–water partition coefficient (Wildman–Crippen LogP) is 3.13. The van der Waals surface area contributed by atoms with E-state index in [1.165, 1.54) is 5.56 Å². The quantitative estimate of drug-likeness (QED) is 0.743. The second kappa shape index (κ2) is 5.39. The fraction of sp³-hybridized carbons (Fsp3) is 0.462. The second-order valence-electron chi connectivity index (χ2n) is 4.69. The minimum atomic E-state index is -1.18. The van der Waals surface area contributed by atoms with Crippen molar-refractivity contribution >= 4 is 17.2 Å². The van der Waals surface area contributed by atoms with E-state index < -0.39 is 11.0 Å². The highest BCUT2D eigenvalue weighted by atomic mass is 32.2. The Hall–Kier alpha value is -0.960. The number of aryl methyl sites for hydroxylation is 1. The van der Waals surface area contributed by atoms with Crippen molar-refractivity contribution in [3.8, 4) is 0 Å². The Morgan fingerprint density at radius 3 is 2.62 bits per heavy atom. The minimum Gasteiger partial charge on any atom is -0.234 e. The molecule has 0 amide bonds. The average molecular weight is 237 g/mol. The van der Waals surface area contributed by atoms with Crippen LogP contribution in [0.1, 0.15) is 38.8 Å². The van der Waals surface area contributed by atoms with Gasteiger partial charge in [-0.25, -0.2) is 4.21 Å². The van der Waals surface area contributed by atoms with Crippen LogP contribution in [0.5, 0.6) is 0 Å². The zero-order valence-electron chi connectivity index (χ0n) is 10.4. The molecule has 88 valence electrons. The molecule has 0 aliphatic heterocycles. The van der Waals surface area contributed by atoms with Crippen LogP contribution in [0.25, 0.3) is 0 Å². The number of hydrogen-bond acceptors (Lipinski definition) is 1. The molecule has 0 N–H and O–H groups in total. The topological polar surface area (TPSA) is 29.4 Å². The van der Waals surface area contributed by atoms with Crippen molar-refractivity contribution < 1.29 is 4.21 Å². The molecule has 0 radical (unpaired) electrons. The van der Waals surface area contributed by atoms with Crippen LogP contribution < -0.4 is 0 Å². The third kappa shape index (κ3) is 3.89. The van der Waals surface area contributed by atoms with Crippen molar-refractivity contribution in [2.75, 3.05) is 0 Å². The summed E-state index contributed by atoms with van der Waals surface area (Å²) in [6, 6.07) is 8.13. The molecule has 0 fully saturated rings. The molecule has 1 aromatic rings. The zero-order valence-corrected chi connectivity index (χ0v) is 11.2. The van der Waals surface area contributed by atoms with Gasteiger partial charge in [-0.05, 0) is 38.3 Å². The minimum absolute atomic E-state index is 0.293. The van der Waals surface area contributed by atoms with E-state index in [2.05, 4.69) is 23.5 Å². The lowest BCUT2D eigenvalue weighted by molar-refractivity contribution is 0.651. The molecule has 0 saturated heterocycles. The molecular weight excluding hydrogens is 218 g/mol. The molecule has 1 atom stereocenters. The monoisotopic (exact) mass is 237 g/mol. The summed E-state index contributed by atoms with van der Waals surface area (Å²) < 4.78 is 15.5. The van der Waals surface area contributed by atoms with Gasteiger partial charge in [0.2, 0.25) is 0 Å². The van der Waals surface area contributed by atoms with Gasteiger partial charge in [0.05, 0.1) is 4.75 Å². The van der Waals surface area contributed by atoms with Gasteiger partial charge < -0.3 is 0 Å². The van der Waals surface area contributed by atoms with Crippen LogP contribution >= 0.6 is 0 Å². The highest BCUT2D eigenvalue weighted by Gasteiger charge is 2.17. The fourth-order valence-electron chi connectivity index (χ4n) is 1.16. The maximum absolute atomic E-state index is 11.7. The summed E-state index contributed by atoms with van der Waals surface area (Å²) >= 11 is 0. The van der Waals surface area contributed by atoms with Gasteiger partial charge in [0.25, 0.3) is 0 Å². The number of rotatable bonds is 3. The molecule has 0 bridgehead atoms. The molecule has 16 heavy (non-hydrogen) atoms. The van der Waals surface area contributed by atoms with Gasteiger partial charge in [0.15, 0.2) is 0 Å². The van der Waals surface area contributed by atoms with Crippen LogP contribution in [-0.4, -0.2) is 15.2 Å². The van der Waals surface area contributed by atoms with Crippen molar-refractivity contribution in [1.82, 2.24) is 0 Å². The van der Waals surface area contributed by atoms with Gasteiger partial charge in [0, 0.05) is 6.21 Å². The number of benzene rings is 1. The molecule has 1 aromatic carbocycles. The van der Waals surface area contributed by atoms with Crippen molar-refractivity contribution in [1.29, 1.82) is 0 Å². The SMILES string of the molecule is CCc1cccc(/C=N/[S@@](=O)C(C)(C)C)c1. The Kier molecular flexibility index (Phi) is 4.42. The van der Waals surface area contributed by atoms with E-state index >= 15 is 0 Å². The Balaban J connectivity index is 2.80. The summed E-state index contributed by atoms with van der Waals surface area (Å²) in [6.07, 6.45) is 2.70. The van der Waals surface area contributed by atoms with Crippen molar-refractivity contribution in [2.45, 2.75) is 38.9 Å². The molecule has 0 aliphatic carbocycles. The average Bonchev–Trinajstić information content (AvgIpc) is 2.25. The standard InChI is InChI=1S/C13H19NOS/c1-5-11-7-6-8-12(9-11)10-14-16(15)13(2,3)4/h6-10H,5H2,1-4H3/b14-10+/t16-/m0/s1. The number of nitrogens with zero attached hydrogens (tertiary/aromatic N) is 1. The molecule has 2 nitrogen and oxygen atoms in total. The van der Waals surface area contributed by atoms with Gasteiger partial charge in [-0.15, -0.1) is 0 Å². The van der Waals surface area contributed by atoms with Crippen molar-refractivity contribution in [3.63, 3.8) is 0 Å². The van der Waals surface area contributed by atoms with Gasteiger partial charge >= 0.3 is 0 Å². The zero-order chi connectivity index (χ0) is 12.2. The second-order valence-corrected chi connectivity index (χ2v) is 6.63. The molecule has 0 aliphatic rings. The highest BCUT2D eigenvalue weighted by molar-refractivity contribution is 7.85. The van der Waals surface area contributed by atoms with E-state index in [1.54, 1.807) is 6.21 Å². The van der Waals surface area contributed by atoms with E-state index in [0.717, 1.165) is 12.0 Å². The summed E-state index contributed by atoms with van der Waals surface area (Å²) in [5, 5.41) is 0. The van der Waals surface area contributed by atoms with Crippen LogP contribution in [0.15, 0.2) is 28.7 Å². The lowest BCUT2D eigenvalue weighted by atomic mass is 10.1. The van der Waals surface area contributed by atoms with Crippen molar-refractivity contribution in [3.05, 3.63) is 35.4 Å². The molecule has 0 aromatic heterocycles. The Morgan fingerprint density at radius 1 is 1.38 bits per heavy atom. The lowest BCUT2D eigenvalue weighted by Crippen LogP contribution is -2.19. The number of hydrogen-bond donors (Lipinski definition) is 0. The summed E-state index contributed by atoms with van der Waals surface area (Å²) in [5.74, 6) is 0. The first-order valence-corrected chi connectivity index (χ1v) is 6.59. The molecule has 0 saturated carbocycles. The molecule has 0 heterocycles. The van der Waals surface area contributed by atoms with Crippen LogP contribution in [0.2, 0.25) is 0 Å². The van der Waals surface area contributed by atoms with Crippen molar-refractivity contribution in [2.24, 2.45) is 4.40 Å². The first kappa shape index (κ1) is 13.1. The highest BCUT2D eigenvalue weighted by Crippen LogP contribution is 2.12. The molecule has 0 unspecified atom stereocenters. The Morgan fingerprint density at radius 2 is 2.06 bits per heavy atom. The molecule has 0 spiro atoms. The van der Waals surface area contributed by atoms with Gasteiger partial charge in [-0.1, -0.05) is 31.2 Å². The largest absolute Gasteiger partial charge is 0.234 e. The summed E-state index contributed by atoms with van der Waals surface area (Å²) in [6.45, 7) is 7.87. The van der Waals surface area contributed by atoms with Gasteiger partial charge in [0.1, 0.15) is 11.0 Å². The van der Waals surface area contributed by atoms with Crippen LogP contribution in [0, 0.1) is 0 Å². The Labute approximate surface area is 100 Å². The normalized spacial score (nSPS) is 14.2. The van der Waals surface area contributed by atoms with E-state index in [0.29, 0.717) is 0 Å². The first-order chi connectivity index (χ1) is 7.43. The Bertz CT molecular complexity index is 405. The summed E-state index contributed by atoms with van der Waals surface area (Å²) in [7, 11) is -1.18. The van der Waals surface area contributed by atoms with Gasteiger partial charge in [-0.2, -0.15) is 4.40 Å². The smallest absolute Gasteiger partial charge is 0.144 e. The van der Waals surface area contributed by atoms with Crippen LogP contribution in [-0.2, 0) is 17.4 Å². The molecular formula is C13H19NOS. The lowest BCUT2D eigenvalue weighted by Gasteiger charge is -2.12. The third-order valence-electron chi connectivity index (χ3n) is 2.18. The van der Waals surface area contributed by atoms with Gasteiger partial charge in [-0.3, -0.25) is 0 Å². The first-order valence-electron chi connectivity index (χ1n) is 5.48. The van der Waals surface area contributed by atoms with Crippen LogP contribution in [0.3, 0.4) is 0 Å². The van der Waals surface area contributed by atoms with E-state index in [9.17, 15) is 4.21 Å². The van der Waals surface area contributed by atoms with Crippen LogP contribution in [0.4, 0.5) is 0 Å². The maximum Gasteiger partial charge on any atom is 0.144 e. The fourth-order valence-corrected chi connectivity index (χ4v) is 1.69. The van der Waals surface area contributed by atoms with E-state index in [4.69, 9.17) is 0 Å². The summed E-state index contributed by atoms with van der Waals surface area (Å²) in [5.41, 5.74) is 2.28. The molecule has 3 heteroatoms. The predicted molar refractivity (Wildman–Crippen MR) is 71.3 cm³/mol. The third-order valence-corrected chi connectivity index (χ3v) is 3.53. The summed E-state index contributed by atoms with van der Waals surface area (Å²) in [4.78, 5) is 0. The maximum atomic E-state index is 11.7. The van der Waals surface area contributed by atoms with E-state index in [-0.39, 0.29) is 4.75 Å². The molecule has 1 rings (SSSR count). The van der Waals surface area contributed by atoms with E-state index in [1.807, 2.05) is 32.9 Å².